The Kier molecular flexibility index (Phi) is 4.73. The predicted octanol–water partition coefficient (Wildman–Crippen LogP) is 1.42. The van der Waals surface area contributed by atoms with Crippen molar-refractivity contribution in [1.29, 1.82) is 0 Å². The molecule has 9 nitrogen and oxygen atoms in total. The van der Waals surface area contributed by atoms with Crippen molar-refractivity contribution in [2.75, 3.05) is 18.4 Å². The smallest absolute Gasteiger partial charge is 0.256 e. The first-order valence-corrected chi connectivity index (χ1v) is 7.82. The average molecular weight is 341 g/mol. The van der Waals surface area contributed by atoms with Gasteiger partial charge in [-0.2, -0.15) is 0 Å². The van der Waals surface area contributed by atoms with Gasteiger partial charge in [0.25, 0.3) is 5.91 Å². The van der Waals surface area contributed by atoms with Gasteiger partial charge < -0.3 is 15.2 Å². The van der Waals surface area contributed by atoms with Gasteiger partial charge in [-0.3, -0.25) is 9.36 Å². The Labute approximate surface area is 144 Å². The maximum atomic E-state index is 11.9. The van der Waals surface area contributed by atoms with Crippen LogP contribution in [0.1, 0.15) is 27.5 Å². The third-order valence-corrected chi connectivity index (χ3v) is 3.86. The molecule has 3 aromatic heterocycles. The van der Waals surface area contributed by atoms with E-state index in [0.29, 0.717) is 30.2 Å². The molecule has 25 heavy (non-hydrogen) atoms. The normalized spacial score (nSPS) is 10.7. The van der Waals surface area contributed by atoms with Crippen LogP contribution in [0.25, 0.3) is 5.82 Å². The summed E-state index contributed by atoms with van der Waals surface area (Å²) >= 11 is 0. The molecule has 0 bridgehead atoms. The van der Waals surface area contributed by atoms with Gasteiger partial charge in [0.05, 0.1) is 11.9 Å². The number of nitrogens with zero attached hydrogens (tertiary/aromatic N) is 5. The molecule has 3 heterocycles. The van der Waals surface area contributed by atoms with Crippen molar-refractivity contribution in [3.8, 4) is 5.82 Å². The number of anilines is 1. The molecular weight excluding hydrogens is 322 g/mol. The van der Waals surface area contributed by atoms with Gasteiger partial charge in [-0.15, -0.1) is 0 Å². The van der Waals surface area contributed by atoms with E-state index in [1.54, 1.807) is 13.3 Å². The molecule has 0 aliphatic carbocycles. The lowest BCUT2D eigenvalue weighted by atomic mass is 10.2. The number of nitrogens with one attached hydrogen (secondary N) is 2. The van der Waals surface area contributed by atoms with Gasteiger partial charge in [0.15, 0.2) is 0 Å². The highest BCUT2D eigenvalue weighted by Crippen LogP contribution is 2.13. The van der Waals surface area contributed by atoms with E-state index in [4.69, 9.17) is 4.52 Å². The van der Waals surface area contributed by atoms with Crippen molar-refractivity contribution in [2.24, 2.45) is 0 Å². The highest BCUT2D eigenvalue weighted by Gasteiger charge is 2.12. The third-order valence-electron chi connectivity index (χ3n) is 3.86. The molecular formula is C16H19N7O2. The summed E-state index contributed by atoms with van der Waals surface area (Å²) in [5.41, 5.74) is 2.43. The van der Waals surface area contributed by atoms with E-state index < -0.39 is 0 Å². The Bertz CT molecular complexity index is 884. The molecule has 0 aliphatic heterocycles. The Balaban J connectivity index is 1.56. The van der Waals surface area contributed by atoms with E-state index in [2.05, 4.69) is 30.7 Å². The second-order valence-electron chi connectivity index (χ2n) is 5.53. The minimum absolute atomic E-state index is 0.214. The van der Waals surface area contributed by atoms with E-state index >= 15 is 0 Å². The number of carbonyl (C=O) groups excluding carboxylic acids is 1. The van der Waals surface area contributed by atoms with Crippen molar-refractivity contribution >= 4 is 11.7 Å². The van der Waals surface area contributed by atoms with E-state index in [9.17, 15) is 4.79 Å². The first kappa shape index (κ1) is 16.6. The number of imidazole rings is 1. The standard InChI is InChI=1S/C16H19N7O2/c1-10-11(2)23(9-21-10)15-6-14(19-8-20-15)17-4-5-18-16(24)13-7-22-25-12(13)3/h6-9H,4-5H2,1-3H3,(H,18,24)(H,17,19,20). The zero-order valence-electron chi connectivity index (χ0n) is 14.3. The van der Waals surface area contributed by atoms with Crippen LogP contribution < -0.4 is 10.6 Å². The van der Waals surface area contributed by atoms with Crippen LogP contribution in [0.15, 0.2) is 29.4 Å². The Morgan fingerprint density at radius 3 is 2.72 bits per heavy atom. The molecule has 0 saturated heterocycles. The molecule has 0 unspecified atom stereocenters. The molecule has 0 saturated carbocycles. The largest absolute Gasteiger partial charge is 0.368 e. The molecule has 0 fully saturated rings. The summed E-state index contributed by atoms with van der Waals surface area (Å²) in [6, 6.07) is 1.83. The summed E-state index contributed by atoms with van der Waals surface area (Å²) in [7, 11) is 0. The number of rotatable bonds is 6. The van der Waals surface area contributed by atoms with Crippen LogP contribution in [0.4, 0.5) is 5.82 Å². The molecule has 0 aromatic carbocycles. The van der Waals surface area contributed by atoms with Gasteiger partial charge in [-0.05, 0) is 20.8 Å². The summed E-state index contributed by atoms with van der Waals surface area (Å²) in [4.78, 5) is 24.7. The lowest BCUT2D eigenvalue weighted by molar-refractivity contribution is 0.0953. The summed E-state index contributed by atoms with van der Waals surface area (Å²) in [5, 5.41) is 9.54. The van der Waals surface area contributed by atoms with Crippen molar-refractivity contribution in [3.05, 3.63) is 47.6 Å². The molecule has 3 aromatic rings. The molecule has 130 valence electrons. The second kappa shape index (κ2) is 7.12. The molecule has 0 radical (unpaired) electrons. The Morgan fingerprint density at radius 1 is 1.20 bits per heavy atom. The summed E-state index contributed by atoms with van der Waals surface area (Å²) in [6.07, 6.45) is 4.63. The molecule has 1 amide bonds. The van der Waals surface area contributed by atoms with Crippen molar-refractivity contribution in [2.45, 2.75) is 20.8 Å². The van der Waals surface area contributed by atoms with Crippen LogP contribution in [0.3, 0.4) is 0 Å². The molecule has 0 atom stereocenters. The summed E-state index contributed by atoms with van der Waals surface area (Å²) in [6.45, 7) is 6.59. The highest BCUT2D eigenvalue weighted by atomic mass is 16.5. The maximum absolute atomic E-state index is 11.9. The minimum Gasteiger partial charge on any atom is -0.368 e. The van der Waals surface area contributed by atoms with E-state index in [1.165, 1.54) is 12.5 Å². The van der Waals surface area contributed by atoms with Gasteiger partial charge >= 0.3 is 0 Å². The molecule has 0 spiro atoms. The predicted molar refractivity (Wildman–Crippen MR) is 90.7 cm³/mol. The topological polar surface area (TPSA) is 111 Å². The fraction of sp³-hybridized carbons (Fsp3) is 0.312. The van der Waals surface area contributed by atoms with Crippen LogP contribution in [0, 0.1) is 20.8 Å². The number of hydrogen-bond donors (Lipinski definition) is 2. The van der Waals surface area contributed by atoms with Crippen molar-refractivity contribution < 1.29 is 9.32 Å². The first-order chi connectivity index (χ1) is 12.1. The second-order valence-corrected chi connectivity index (χ2v) is 5.53. The van der Waals surface area contributed by atoms with E-state index in [1.807, 2.05) is 24.5 Å². The van der Waals surface area contributed by atoms with E-state index in [-0.39, 0.29) is 5.91 Å². The highest BCUT2D eigenvalue weighted by molar-refractivity contribution is 5.94. The first-order valence-electron chi connectivity index (χ1n) is 7.82. The molecule has 9 heteroatoms. The van der Waals surface area contributed by atoms with Crippen LogP contribution in [-0.4, -0.2) is 43.7 Å². The average Bonchev–Trinajstić information content (AvgIpc) is 3.18. The lowest BCUT2D eigenvalue weighted by Crippen LogP contribution is -2.29. The SMILES string of the molecule is Cc1ncn(-c2cc(NCCNC(=O)c3cnoc3C)ncn2)c1C. The number of hydrogen-bond acceptors (Lipinski definition) is 7. The maximum Gasteiger partial charge on any atom is 0.256 e. The number of amides is 1. The summed E-state index contributed by atoms with van der Waals surface area (Å²) < 4.78 is 6.78. The lowest BCUT2D eigenvalue weighted by Gasteiger charge is -2.09. The zero-order chi connectivity index (χ0) is 17.8. The molecule has 0 aliphatic rings. The Hall–Kier alpha value is -3.23. The number of carbonyl (C=O) groups is 1. The van der Waals surface area contributed by atoms with E-state index in [0.717, 1.165) is 17.2 Å². The Morgan fingerprint density at radius 2 is 2.04 bits per heavy atom. The number of aryl methyl sites for hydroxylation is 2. The van der Waals surface area contributed by atoms with Gasteiger partial charge in [-0.25, -0.2) is 15.0 Å². The van der Waals surface area contributed by atoms with Crippen molar-refractivity contribution in [1.82, 2.24) is 30.0 Å². The molecule has 3 rings (SSSR count). The fourth-order valence-electron chi connectivity index (χ4n) is 2.28. The van der Waals surface area contributed by atoms with Crippen LogP contribution in [-0.2, 0) is 0 Å². The quantitative estimate of drug-likeness (QED) is 0.652. The molecule has 2 N–H and O–H groups in total. The fourth-order valence-corrected chi connectivity index (χ4v) is 2.28. The minimum atomic E-state index is -0.214. The van der Waals surface area contributed by atoms with Crippen molar-refractivity contribution in [3.63, 3.8) is 0 Å². The monoisotopic (exact) mass is 341 g/mol. The number of aromatic nitrogens is 5. The van der Waals surface area contributed by atoms with Gasteiger partial charge in [-0.1, -0.05) is 5.16 Å². The van der Waals surface area contributed by atoms with Crippen LogP contribution in [0.2, 0.25) is 0 Å². The van der Waals surface area contributed by atoms with Gasteiger partial charge in [0.1, 0.15) is 35.6 Å². The van der Waals surface area contributed by atoms with Crippen LogP contribution >= 0.6 is 0 Å². The van der Waals surface area contributed by atoms with Gasteiger partial charge in [0, 0.05) is 24.8 Å². The van der Waals surface area contributed by atoms with Crippen LogP contribution in [0.5, 0.6) is 0 Å². The summed E-state index contributed by atoms with van der Waals surface area (Å²) in [5.74, 6) is 1.69. The van der Waals surface area contributed by atoms with Gasteiger partial charge in [0.2, 0.25) is 0 Å². The third kappa shape index (κ3) is 3.65. The zero-order valence-corrected chi connectivity index (χ0v) is 14.3.